The van der Waals surface area contributed by atoms with Gasteiger partial charge in [-0.15, -0.1) is 0 Å². The zero-order chi connectivity index (χ0) is 17.3. The maximum Gasteiger partial charge on any atom is 0.225 e. The molecule has 1 aromatic heterocycles. The number of amides is 1. The molecule has 2 heterocycles. The first-order chi connectivity index (χ1) is 12.3. The van der Waals surface area contributed by atoms with E-state index in [4.69, 9.17) is 0 Å². The van der Waals surface area contributed by atoms with E-state index in [1.165, 1.54) is 31.3 Å². The Morgan fingerprint density at radius 2 is 1.92 bits per heavy atom. The van der Waals surface area contributed by atoms with Gasteiger partial charge in [-0.05, 0) is 38.2 Å². The van der Waals surface area contributed by atoms with Gasteiger partial charge in [0.15, 0.2) is 0 Å². The van der Waals surface area contributed by atoms with Gasteiger partial charge in [0.1, 0.15) is 0 Å². The molecule has 0 unspecified atom stereocenters. The Hall–Kier alpha value is -1.95. The first-order valence-corrected chi connectivity index (χ1v) is 9.50. The van der Waals surface area contributed by atoms with E-state index < -0.39 is 0 Å². The molecule has 6 nitrogen and oxygen atoms in total. The highest BCUT2D eigenvalue weighted by Gasteiger charge is 2.19. The van der Waals surface area contributed by atoms with E-state index in [0.29, 0.717) is 6.42 Å². The second-order valence-electron chi connectivity index (χ2n) is 6.84. The Bertz CT molecular complexity index is 566. The molecule has 1 aliphatic carbocycles. The minimum Gasteiger partial charge on any atom is -0.356 e. The highest BCUT2D eigenvalue weighted by Crippen LogP contribution is 2.19. The lowest BCUT2D eigenvalue weighted by Gasteiger charge is -2.34. The van der Waals surface area contributed by atoms with E-state index in [9.17, 15) is 4.79 Å². The van der Waals surface area contributed by atoms with Crippen LogP contribution in [0.2, 0.25) is 0 Å². The van der Waals surface area contributed by atoms with Gasteiger partial charge in [0.25, 0.3) is 0 Å². The van der Waals surface area contributed by atoms with Crippen molar-refractivity contribution >= 4 is 11.9 Å². The van der Waals surface area contributed by atoms with Crippen molar-refractivity contribution < 1.29 is 4.79 Å². The van der Waals surface area contributed by atoms with Gasteiger partial charge in [0.05, 0.1) is 0 Å². The molecule has 1 saturated heterocycles. The monoisotopic (exact) mass is 343 g/mol. The van der Waals surface area contributed by atoms with E-state index >= 15 is 0 Å². The molecule has 0 saturated carbocycles. The van der Waals surface area contributed by atoms with Crippen LogP contribution in [-0.4, -0.2) is 60.0 Å². The van der Waals surface area contributed by atoms with Crippen LogP contribution < -0.4 is 10.2 Å². The van der Waals surface area contributed by atoms with Gasteiger partial charge in [-0.3, -0.25) is 9.69 Å². The number of carbonyl (C=O) groups excluding carboxylic acids is 1. The van der Waals surface area contributed by atoms with E-state index in [0.717, 1.165) is 51.6 Å². The summed E-state index contributed by atoms with van der Waals surface area (Å²) in [5, 5.41) is 3.07. The highest BCUT2D eigenvalue weighted by molar-refractivity contribution is 5.76. The van der Waals surface area contributed by atoms with Crippen LogP contribution in [-0.2, 0) is 4.79 Å². The Balaban J connectivity index is 1.29. The van der Waals surface area contributed by atoms with Crippen LogP contribution >= 0.6 is 0 Å². The number of aromatic nitrogens is 2. The topological polar surface area (TPSA) is 61.4 Å². The SMILES string of the molecule is O=C(CCN1CCN(c2ncccn2)CC1)NCCC1=CCCCC1. The van der Waals surface area contributed by atoms with Gasteiger partial charge >= 0.3 is 0 Å². The molecule has 25 heavy (non-hydrogen) atoms. The van der Waals surface area contributed by atoms with Crippen molar-refractivity contribution in [2.45, 2.75) is 38.5 Å². The normalized spacial score (nSPS) is 18.7. The van der Waals surface area contributed by atoms with Crippen LogP contribution in [0.4, 0.5) is 5.95 Å². The third-order valence-corrected chi connectivity index (χ3v) is 5.02. The molecule has 1 N–H and O–H groups in total. The average molecular weight is 343 g/mol. The summed E-state index contributed by atoms with van der Waals surface area (Å²) >= 11 is 0. The van der Waals surface area contributed by atoms with E-state index in [-0.39, 0.29) is 5.91 Å². The predicted molar refractivity (Wildman–Crippen MR) is 99.5 cm³/mol. The Kier molecular flexibility index (Phi) is 6.79. The van der Waals surface area contributed by atoms with Gasteiger partial charge < -0.3 is 10.2 Å². The van der Waals surface area contributed by atoms with Gasteiger partial charge in [0, 0.05) is 58.1 Å². The van der Waals surface area contributed by atoms with Gasteiger partial charge in [0.2, 0.25) is 11.9 Å². The van der Waals surface area contributed by atoms with Crippen molar-refractivity contribution in [1.29, 1.82) is 0 Å². The summed E-state index contributed by atoms with van der Waals surface area (Å²) in [5.74, 6) is 0.974. The molecule has 6 heteroatoms. The van der Waals surface area contributed by atoms with Crippen LogP contribution in [0.1, 0.15) is 38.5 Å². The van der Waals surface area contributed by atoms with Gasteiger partial charge in [-0.2, -0.15) is 0 Å². The second kappa shape index (κ2) is 9.51. The maximum absolute atomic E-state index is 12.0. The quantitative estimate of drug-likeness (QED) is 0.767. The molecule has 2 aliphatic rings. The molecule has 0 spiro atoms. The predicted octanol–water partition coefficient (Wildman–Crippen LogP) is 2.00. The molecule has 136 valence electrons. The van der Waals surface area contributed by atoms with Gasteiger partial charge in [-0.25, -0.2) is 9.97 Å². The fourth-order valence-corrected chi connectivity index (χ4v) is 3.47. The fraction of sp³-hybridized carbons (Fsp3) is 0.632. The average Bonchev–Trinajstić information content (AvgIpc) is 2.68. The number of hydrogen-bond donors (Lipinski definition) is 1. The Morgan fingerprint density at radius 3 is 2.64 bits per heavy atom. The zero-order valence-electron chi connectivity index (χ0n) is 15.0. The maximum atomic E-state index is 12.0. The lowest BCUT2D eigenvalue weighted by atomic mass is 9.97. The van der Waals surface area contributed by atoms with Crippen molar-refractivity contribution in [2.24, 2.45) is 0 Å². The summed E-state index contributed by atoms with van der Waals surface area (Å²) < 4.78 is 0. The van der Waals surface area contributed by atoms with Crippen molar-refractivity contribution in [3.63, 3.8) is 0 Å². The van der Waals surface area contributed by atoms with Crippen LogP contribution in [0, 0.1) is 0 Å². The third kappa shape index (κ3) is 5.81. The molecule has 1 aliphatic heterocycles. The van der Waals surface area contributed by atoms with Crippen molar-refractivity contribution in [3.8, 4) is 0 Å². The number of piperazine rings is 1. The number of nitrogens with zero attached hydrogens (tertiary/aromatic N) is 4. The zero-order valence-corrected chi connectivity index (χ0v) is 15.0. The second-order valence-corrected chi connectivity index (χ2v) is 6.84. The molecule has 0 atom stereocenters. The summed E-state index contributed by atoms with van der Waals surface area (Å²) in [6, 6.07) is 1.84. The minimum absolute atomic E-state index is 0.172. The first-order valence-electron chi connectivity index (χ1n) is 9.50. The number of nitrogens with one attached hydrogen (secondary N) is 1. The molecule has 0 radical (unpaired) electrons. The van der Waals surface area contributed by atoms with Crippen LogP contribution in [0.15, 0.2) is 30.1 Å². The molecule has 1 amide bonds. The lowest BCUT2D eigenvalue weighted by Crippen LogP contribution is -2.47. The summed E-state index contributed by atoms with van der Waals surface area (Å²) in [5.41, 5.74) is 1.52. The van der Waals surface area contributed by atoms with Gasteiger partial charge in [-0.1, -0.05) is 11.6 Å². The summed E-state index contributed by atoms with van der Waals surface area (Å²) in [6.45, 7) is 5.36. The molecule has 0 aromatic carbocycles. The number of allylic oxidation sites excluding steroid dienone is 1. The fourth-order valence-electron chi connectivity index (χ4n) is 3.47. The number of anilines is 1. The lowest BCUT2D eigenvalue weighted by molar-refractivity contribution is -0.121. The number of hydrogen-bond acceptors (Lipinski definition) is 5. The number of rotatable bonds is 7. The number of carbonyl (C=O) groups is 1. The van der Waals surface area contributed by atoms with Crippen molar-refractivity contribution in [2.75, 3.05) is 44.2 Å². The van der Waals surface area contributed by atoms with Crippen molar-refractivity contribution in [1.82, 2.24) is 20.2 Å². The molecule has 0 bridgehead atoms. The third-order valence-electron chi connectivity index (χ3n) is 5.02. The minimum atomic E-state index is 0.172. The van der Waals surface area contributed by atoms with E-state index in [1.54, 1.807) is 12.4 Å². The first kappa shape index (κ1) is 17.9. The standard InChI is InChI=1S/C19H29N5O/c25-18(20-11-7-17-5-2-1-3-6-17)8-12-23-13-15-24(16-14-23)19-21-9-4-10-22-19/h4-5,9-10H,1-3,6-8,11-16H2,(H,20,25). The summed E-state index contributed by atoms with van der Waals surface area (Å²) in [6.07, 6.45) is 12.6. The van der Waals surface area contributed by atoms with E-state index in [1.807, 2.05) is 6.07 Å². The summed E-state index contributed by atoms with van der Waals surface area (Å²) in [4.78, 5) is 25.2. The van der Waals surface area contributed by atoms with E-state index in [2.05, 4.69) is 31.2 Å². The summed E-state index contributed by atoms with van der Waals surface area (Å²) in [7, 11) is 0. The van der Waals surface area contributed by atoms with Crippen LogP contribution in [0.5, 0.6) is 0 Å². The highest BCUT2D eigenvalue weighted by atomic mass is 16.1. The molecule has 1 aromatic rings. The molecule has 3 rings (SSSR count). The Morgan fingerprint density at radius 1 is 1.12 bits per heavy atom. The molecular weight excluding hydrogens is 314 g/mol. The van der Waals surface area contributed by atoms with Crippen LogP contribution in [0.25, 0.3) is 0 Å². The smallest absolute Gasteiger partial charge is 0.225 e. The molecular formula is C19H29N5O. The van der Waals surface area contributed by atoms with Crippen molar-refractivity contribution in [3.05, 3.63) is 30.1 Å². The molecule has 1 fully saturated rings. The largest absolute Gasteiger partial charge is 0.356 e. The Labute approximate surface area is 150 Å². The van der Waals surface area contributed by atoms with Crippen LogP contribution in [0.3, 0.4) is 0 Å².